The molecule has 1 atom stereocenters. The second kappa shape index (κ2) is 6.57. The van der Waals surface area contributed by atoms with Crippen LogP contribution in [-0.2, 0) is 9.59 Å². The van der Waals surface area contributed by atoms with Crippen LogP contribution in [0.4, 0.5) is 0 Å². The number of hydrogen-bond donors (Lipinski definition) is 0. The van der Waals surface area contributed by atoms with Gasteiger partial charge in [-0.15, -0.1) is 0 Å². The third kappa shape index (κ3) is 3.31. The lowest BCUT2D eigenvalue weighted by Crippen LogP contribution is -2.45. The minimum atomic E-state index is -0.0442. The smallest absolute Gasteiger partial charge is 0.228 e. The maximum absolute atomic E-state index is 12.8. The van der Waals surface area contributed by atoms with Gasteiger partial charge >= 0.3 is 0 Å². The quantitative estimate of drug-likeness (QED) is 0.842. The predicted octanol–water partition coefficient (Wildman–Crippen LogP) is 2.48. The zero-order chi connectivity index (χ0) is 16.4. The summed E-state index contributed by atoms with van der Waals surface area (Å²) in [5.74, 6) is 0.218. The van der Waals surface area contributed by atoms with Crippen LogP contribution in [0.3, 0.4) is 0 Å². The number of nitrogens with zero attached hydrogens (tertiary/aromatic N) is 2. The van der Waals surface area contributed by atoms with Crippen molar-refractivity contribution in [2.75, 3.05) is 26.2 Å². The van der Waals surface area contributed by atoms with Crippen LogP contribution in [0.1, 0.15) is 30.9 Å². The van der Waals surface area contributed by atoms with Crippen LogP contribution in [0.25, 0.3) is 5.57 Å². The van der Waals surface area contributed by atoms with E-state index in [2.05, 4.69) is 25.1 Å². The fraction of sp³-hybridized carbons (Fsp3) is 0.474. The normalized spacial score (nSPS) is 21.3. The first kappa shape index (κ1) is 15.8. The van der Waals surface area contributed by atoms with Crippen molar-refractivity contribution in [3.05, 3.63) is 41.5 Å². The van der Waals surface area contributed by atoms with E-state index in [1.807, 2.05) is 17.0 Å². The number of rotatable bonds is 2. The van der Waals surface area contributed by atoms with Crippen LogP contribution in [-0.4, -0.2) is 47.8 Å². The van der Waals surface area contributed by atoms with Crippen LogP contribution >= 0.6 is 0 Å². The number of carbonyl (C=O) groups is 2. The zero-order valence-corrected chi connectivity index (χ0v) is 13.9. The van der Waals surface area contributed by atoms with Crippen molar-refractivity contribution in [3.63, 3.8) is 0 Å². The predicted molar refractivity (Wildman–Crippen MR) is 90.7 cm³/mol. The average molecular weight is 312 g/mol. The molecule has 0 radical (unpaired) electrons. The van der Waals surface area contributed by atoms with Gasteiger partial charge in [0.2, 0.25) is 11.8 Å². The highest BCUT2D eigenvalue weighted by Crippen LogP contribution is 2.26. The lowest BCUT2D eigenvalue weighted by molar-refractivity contribution is -0.139. The number of piperidine rings is 1. The summed E-state index contributed by atoms with van der Waals surface area (Å²) in [5, 5.41) is 0. The molecule has 0 aromatic heterocycles. The lowest BCUT2D eigenvalue weighted by Gasteiger charge is -2.33. The number of hydrogen-bond acceptors (Lipinski definition) is 2. The number of carbonyl (C=O) groups excluding carboxylic acids is 2. The second-order valence-corrected chi connectivity index (χ2v) is 6.57. The maximum Gasteiger partial charge on any atom is 0.228 e. The van der Waals surface area contributed by atoms with Gasteiger partial charge in [0, 0.05) is 33.1 Å². The first-order valence-corrected chi connectivity index (χ1v) is 8.35. The van der Waals surface area contributed by atoms with Gasteiger partial charge in [0.1, 0.15) is 0 Å². The first-order chi connectivity index (χ1) is 11.1. The summed E-state index contributed by atoms with van der Waals surface area (Å²) in [6.07, 6.45) is 3.96. The summed E-state index contributed by atoms with van der Waals surface area (Å²) in [6.45, 7) is 6.41. The second-order valence-electron chi connectivity index (χ2n) is 6.57. The molecule has 0 spiro atoms. The highest BCUT2D eigenvalue weighted by atomic mass is 16.2. The Morgan fingerprint density at radius 2 is 1.96 bits per heavy atom. The standard InChI is InChI=1S/C19H24N2O2/c1-14-6-3-4-8-18(14)16-9-11-21(12-16)19(23)17-7-5-10-20(13-17)15(2)22/h3-4,6,8-9,17H,5,7,10-13H2,1-2H3. The molecule has 1 aromatic carbocycles. The molecule has 0 aliphatic carbocycles. The fourth-order valence-electron chi connectivity index (χ4n) is 3.57. The summed E-state index contributed by atoms with van der Waals surface area (Å²) in [7, 11) is 0. The van der Waals surface area contributed by atoms with Gasteiger partial charge < -0.3 is 9.80 Å². The number of benzene rings is 1. The highest BCUT2D eigenvalue weighted by Gasteiger charge is 2.31. The van der Waals surface area contributed by atoms with Crippen LogP contribution in [0, 0.1) is 12.8 Å². The molecule has 2 amide bonds. The topological polar surface area (TPSA) is 40.6 Å². The van der Waals surface area contributed by atoms with E-state index in [1.54, 1.807) is 11.8 Å². The molecule has 2 aliphatic heterocycles. The fourth-order valence-corrected chi connectivity index (χ4v) is 3.57. The summed E-state index contributed by atoms with van der Waals surface area (Å²) in [5.41, 5.74) is 3.71. The van der Waals surface area contributed by atoms with Gasteiger partial charge in [-0.2, -0.15) is 0 Å². The molecular formula is C19H24N2O2. The largest absolute Gasteiger partial charge is 0.342 e. The Labute approximate surface area is 137 Å². The van der Waals surface area contributed by atoms with Gasteiger partial charge in [-0.1, -0.05) is 30.3 Å². The maximum atomic E-state index is 12.8. The minimum absolute atomic E-state index is 0.0442. The summed E-state index contributed by atoms with van der Waals surface area (Å²) < 4.78 is 0. The Balaban J connectivity index is 1.65. The monoisotopic (exact) mass is 312 g/mol. The van der Waals surface area contributed by atoms with Crippen molar-refractivity contribution in [1.82, 2.24) is 9.80 Å². The molecule has 0 saturated carbocycles. The first-order valence-electron chi connectivity index (χ1n) is 8.35. The third-order valence-electron chi connectivity index (χ3n) is 4.94. The van der Waals surface area contributed by atoms with Crippen molar-refractivity contribution in [2.24, 2.45) is 5.92 Å². The van der Waals surface area contributed by atoms with Gasteiger partial charge in [0.15, 0.2) is 0 Å². The lowest BCUT2D eigenvalue weighted by atomic mass is 9.96. The minimum Gasteiger partial charge on any atom is -0.342 e. The van der Waals surface area contributed by atoms with Crippen molar-refractivity contribution in [2.45, 2.75) is 26.7 Å². The molecular weight excluding hydrogens is 288 g/mol. The van der Waals surface area contributed by atoms with Crippen LogP contribution < -0.4 is 0 Å². The molecule has 1 unspecified atom stereocenters. The highest BCUT2D eigenvalue weighted by molar-refractivity contribution is 5.85. The van der Waals surface area contributed by atoms with Crippen molar-refractivity contribution in [3.8, 4) is 0 Å². The Hall–Kier alpha value is -2.10. The van der Waals surface area contributed by atoms with Crippen molar-refractivity contribution in [1.29, 1.82) is 0 Å². The van der Waals surface area contributed by atoms with E-state index in [0.717, 1.165) is 19.4 Å². The summed E-state index contributed by atoms with van der Waals surface area (Å²) >= 11 is 0. The van der Waals surface area contributed by atoms with E-state index in [-0.39, 0.29) is 17.7 Å². The van der Waals surface area contributed by atoms with Gasteiger partial charge in [-0.05, 0) is 36.5 Å². The van der Waals surface area contributed by atoms with E-state index in [1.165, 1.54) is 16.7 Å². The van der Waals surface area contributed by atoms with Crippen LogP contribution in [0.2, 0.25) is 0 Å². The molecule has 1 aromatic rings. The molecule has 4 heteroatoms. The number of aryl methyl sites for hydroxylation is 1. The molecule has 23 heavy (non-hydrogen) atoms. The molecule has 1 fully saturated rings. The van der Waals surface area contributed by atoms with Gasteiger partial charge in [-0.3, -0.25) is 9.59 Å². The summed E-state index contributed by atoms with van der Waals surface area (Å²) in [4.78, 5) is 28.1. The molecule has 4 nitrogen and oxygen atoms in total. The van der Waals surface area contributed by atoms with Crippen LogP contribution in [0.15, 0.2) is 30.3 Å². The zero-order valence-electron chi connectivity index (χ0n) is 13.9. The van der Waals surface area contributed by atoms with Gasteiger partial charge in [0.25, 0.3) is 0 Å². The molecule has 0 bridgehead atoms. The van der Waals surface area contributed by atoms with Gasteiger partial charge in [-0.25, -0.2) is 0 Å². The molecule has 2 aliphatic rings. The third-order valence-corrected chi connectivity index (χ3v) is 4.94. The van der Waals surface area contributed by atoms with E-state index >= 15 is 0 Å². The average Bonchev–Trinajstić information content (AvgIpc) is 3.04. The molecule has 3 rings (SSSR count). The van der Waals surface area contributed by atoms with E-state index in [9.17, 15) is 9.59 Å². The van der Waals surface area contributed by atoms with Crippen molar-refractivity contribution < 1.29 is 9.59 Å². The Morgan fingerprint density at radius 1 is 1.17 bits per heavy atom. The SMILES string of the molecule is CC(=O)N1CCCC(C(=O)N2CC=C(c3ccccc3C)C2)C1. The van der Waals surface area contributed by atoms with Crippen LogP contribution in [0.5, 0.6) is 0 Å². The molecule has 2 heterocycles. The van der Waals surface area contributed by atoms with E-state index in [0.29, 0.717) is 19.6 Å². The number of likely N-dealkylation sites (tertiary alicyclic amines) is 1. The molecule has 122 valence electrons. The Morgan fingerprint density at radius 3 is 2.70 bits per heavy atom. The van der Waals surface area contributed by atoms with Crippen molar-refractivity contribution >= 4 is 17.4 Å². The summed E-state index contributed by atoms with van der Waals surface area (Å²) in [6, 6.07) is 8.30. The van der Waals surface area contributed by atoms with Gasteiger partial charge in [0.05, 0.1) is 5.92 Å². The molecule has 1 saturated heterocycles. The van der Waals surface area contributed by atoms with E-state index in [4.69, 9.17) is 0 Å². The van der Waals surface area contributed by atoms with E-state index < -0.39 is 0 Å². The Kier molecular flexibility index (Phi) is 4.51. The Bertz CT molecular complexity index is 651. The molecule has 0 N–H and O–H groups in total. The number of amides is 2.